The van der Waals surface area contributed by atoms with Crippen LogP contribution in [0.3, 0.4) is 0 Å². The van der Waals surface area contributed by atoms with Crippen molar-refractivity contribution in [1.82, 2.24) is 4.90 Å². The van der Waals surface area contributed by atoms with Crippen molar-refractivity contribution in [3.63, 3.8) is 0 Å². The van der Waals surface area contributed by atoms with Crippen molar-refractivity contribution in [2.45, 2.75) is 46.6 Å². The average molecular weight is 242 g/mol. The number of rotatable bonds is 3. The lowest BCUT2D eigenvalue weighted by Crippen LogP contribution is -2.52. The minimum Gasteiger partial charge on any atom is -0.444 e. The maximum Gasteiger partial charge on any atom is 0.410 e. The van der Waals surface area contributed by atoms with Gasteiger partial charge in [0.2, 0.25) is 0 Å². The Morgan fingerprint density at radius 1 is 1.29 bits per heavy atom. The molecule has 1 saturated heterocycles. The van der Waals surface area contributed by atoms with Crippen molar-refractivity contribution in [2.24, 2.45) is 17.1 Å². The van der Waals surface area contributed by atoms with Gasteiger partial charge in [0.1, 0.15) is 5.60 Å². The van der Waals surface area contributed by atoms with Crippen LogP contribution < -0.4 is 5.73 Å². The molecular weight excluding hydrogens is 216 g/mol. The van der Waals surface area contributed by atoms with E-state index in [2.05, 4.69) is 13.8 Å². The summed E-state index contributed by atoms with van der Waals surface area (Å²) in [5.41, 5.74) is 5.47. The Morgan fingerprint density at radius 3 is 2.24 bits per heavy atom. The Morgan fingerprint density at radius 2 is 1.82 bits per heavy atom. The Balaban J connectivity index is 2.30. The third-order valence-electron chi connectivity index (χ3n) is 3.00. The first-order valence-electron chi connectivity index (χ1n) is 6.31. The van der Waals surface area contributed by atoms with Crippen LogP contribution in [0.1, 0.15) is 41.0 Å². The highest BCUT2D eigenvalue weighted by Crippen LogP contribution is 2.30. The van der Waals surface area contributed by atoms with Crippen molar-refractivity contribution >= 4 is 6.09 Å². The van der Waals surface area contributed by atoms with Crippen molar-refractivity contribution < 1.29 is 9.53 Å². The van der Waals surface area contributed by atoms with Crippen LogP contribution >= 0.6 is 0 Å². The highest BCUT2D eigenvalue weighted by molar-refractivity contribution is 5.69. The first kappa shape index (κ1) is 14.3. The van der Waals surface area contributed by atoms with Gasteiger partial charge in [-0.25, -0.2) is 4.79 Å². The van der Waals surface area contributed by atoms with Gasteiger partial charge in [-0.2, -0.15) is 0 Å². The quantitative estimate of drug-likeness (QED) is 0.825. The van der Waals surface area contributed by atoms with Gasteiger partial charge >= 0.3 is 6.09 Å². The Labute approximate surface area is 104 Å². The summed E-state index contributed by atoms with van der Waals surface area (Å²) in [6.07, 6.45) is 0.877. The fourth-order valence-electron chi connectivity index (χ4n) is 2.04. The van der Waals surface area contributed by atoms with E-state index in [4.69, 9.17) is 10.5 Å². The predicted octanol–water partition coefficient (Wildman–Crippen LogP) is 2.23. The molecule has 1 aliphatic rings. The van der Waals surface area contributed by atoms with Crippen LogP contribution in [-0.2, 0) is 4.74 Å². The second-order valence-corrected chi connectivity index (χ2v) is 6.82. The van der Waals surface area contributed by atoms with Crippen LogP contribution in [0.15, 0.2) is 0 Å². The molecule has 0 aliphatic carbocycles. The minimum atomic E-state index is -0.404. The molecule has 1 heterocycles. The topological polar surface area (TPSA) is 55.6 Å². The molecule has 0 aromatic heterocycles. The van der Waals surface area contributed by atoms with Crippen molar-refractivity contribution in [3.8, 4) is 0 Å². The fourth-order valence-corrected chi connectivity index (χ4v) is 2.04. The SMILES string of the molecule is CC(C)(CN)CC1CN(C(=O)OC(C)(C)C)C1. The van der Waals surface area contributed by atoms with Crippen LogP contribution in [0.4, 0.5) is 4.79 Å². The average Bonchev–Trinajstić information content (AvgIpc) is 2.07. The summed E-state index contributed by atoms with van der Waals surface area (Å²) >= 11 is 0. The molecule has 1 fully saturated rings. The number of nitrogens with zero attached hydrogens (tertiary/aromatic N) is 1. The second-order valence-electron chi connectivity index (χ2n) is 6.82. The molecule has 17 heavy (non-hydrogen) atoms. The predicted molar refractivity (Wildman–Crippen MR) is 68.7 cm³/mol. The highest BCUT2D eigenvalue weighted by Gasteiger charge is 2.36. The molecule has 0 unspecified atom stereocenters. The number of likely N-dealkylation sites (tertiary alicyclic amines) is 1. The van der Waals surface area contributed by atoms with Crippen molar-refractivity contribution in [2.75, 3.05) is 19.6 Å². The maximum atomic E-state index is 11.7. The Kier molecular flexibility index (Phi) is 4.07. The van der Waals surface area contributed by atoms with Crippen LogP contribution in [0.5, 0.6) is 0 Å². The molecule has 100 valence electrons. The van der Waals surface area contributed by atoms with Crippen LogP contribution in [0, 0.1) is 11.3 Å². The van der Waals surface area contributed by atoms with E-state index in [9.17, 15) is 4.79 Å². The van der Waals surface area contributed by atoms with Gasteiger partial charge in [-0.05, 0) is 45.1 Å². The maximum absolute atomic E-state index is 11.7. The number of carbonyl (C=O) groups excluding carboxylic acids is 1. The third-order valence-corrected chi connectivity index (χ3v) is 3.00. The lowest BCUT2D eigenvalue weighted by atomic mass is 9.80. The number of hydrogen-bond acceptors (Lipinski definition) is 3. The normalized spacial score (nSPS) is 17.9. The van der Waals surface area contributed by atoms with Gasteiger partial charge in [0.15, 0.2) is 0 Å². The lowest BCUT2D eigenvalue weighted by Gasteiger charge is -2.42. The molecule has 0 spiro atoms. The molecule has 0 atom stereocenters. The summed E-state index contributed by atoms with van der Waals surface area (Å²) in [6.45, 7) is 12.3. The van der Waals surface area contributed by atoms with Gasteiger partial charge in [0.05, 0.1) is 0 Å². The first-order chi connectivity index (χ1) is 7.63. The van der Waals surface area contributed by atoms with Gasteiger partial charge in [-0.3, -0.25) is 0 Å². The molecule has 4 nitrogen and oxygen atoms in total. The van der Waals surface area contributed by atoms with Gasteiger partial charge < -0.3 is 15.4 Å². The van der Waals surface area contributed by atoms with Crippen LogP contribution in [-0.4, -0.2) is 36.2 Å². The monoisotopic (exact) mass is 242 g/mol. The van der Waals surface area contributed by atoms with Crippen molar-refractivity contribution in [1.29, 1.82) is 0 Å². The number of hydrogen-bond donors (Lipinski definition) is 1. The van der Waals surface area contributed by atoms with E-state index < -0.39 is 5.60 Å². The summed E-state index contributed by atoms with van der Waals surface area (Å²) in [4.78, 5) is 13.5. The van der Waals surface area contributed by atoms with Crippen LogP contribution in [0.25, 0.3) is 0 Å². The van der Waals surface area contributed by atoms with Gasteiger partial charge in [0, 0.05) is 13.1 Å². The second kappa shape index (κ2) is 4.84. The number of amides is 1. The summed E-state index contributed by atoms with van der Waals surface area (Å²) in [7, 11) is 0. The molecule has 1 amide bonds. The van der Waals surface area contributed by atoms with Gasteiger partial charge in [-0.15, -0.1) is 0 Å². The molecule has 1 aliphatic heterocycles. The van der Waals surface area contributed by atoms with Crippen molar-refractivity contribution in [3.05, 3.63) is 0 Å². The van der Waals surface area contributed by atoms with E-state index in [-0.39, 0.29) is 11.5 Å². The van der Waals surface area contributed by atoms with Gasteiger partial charge in [-0.1, -0.05) is 13.8 Å². The summed E-state index contributed by atoms with van der Waals surface area (Å²) in [5.74, 6) is 0.570. The molecule has 1 rings (SSSR count). The Hall–Kier alpha value is -0.770. The van der Waals surface area contributed by atoms with E-state index in [1.807, 2.05) is 20.8 Å². The standard InChI is InChI=1S/C13H26N2O2/c1-12(2,3)17-11(16)15-7-10(8-15)6-13(4,5)9-14/h10H,6-9,14H2,1-5H3. The highest BCUT2D eigenvalue weighted by atomic mass is 16.6. The molecule has 0 aromatic rings. The molecular formula is C13H26N2O2. The zero-order chi connectivity index (χ0) is 13.3. The number of carbonyl (C=O) groups is 1. The molecule has 0 radical (unpaired) electrons. The van der Waals surface area contributed by atoms with E-state index in [1.54, 1.807) is 4.90 Å². The molecule has 0 aromatic carbocycles. The zero-order valence-corrected chi connectivity index (χ0v) is 11.7. The fraction of sp³-hybridized carbons (Fsp3) is 0.923. The summed E-state index contributed by atoms with van der Waals surface area (Å²) < 4.78 is 5.31. The van der Waals surface area contributed by atoms with E-state index >= 15 is 0 Å². The molecule has 0 saturated carbocycles. The smallest absolute Gasteiger partial charge is 0.410 e. The molecule has 2 N–H and O–H groups in total. The minimum absolute atomic E-state index is 0.171. The third kappa shape index (κ3) is 4.54. The largest absolute Gasteiger partial charge is 0.444 e. The zero-order valence-electron chi connectivity index (χ0n) is 11.7. The van der Waals surface area contributed by atoms with E-state index in [0.717, 1.165) is 19.5 Å². The number of ether oxygens (including phenoxy) is 1. The Bertz CT molecular complexity index is 276. The lowest BCUT2D eigenvalue weighted by molar-refractivity contribution is -0.00727. The van der Waals surface area contributed by atoms with Crippen LogP contribution in [0.2, 0.25) is 0 Å². The molecule has 0 bridgehead atoms. The van der Waals surface area contributed by atoms with E-state index in [0.29, 0.717) is 12.5 Å². The van der Waals surface area contributed by atoms with E-state index in [1.165, 1.54) is 0 Å². The first-order valence-corrected chi connectivity index (χ1v) is 6.31. The summed E-state index contributed by atoms with van der Waals surface area (Å²) in [5, 5.41) is 0. The molecule has 4 heteroatoms. The summed E-state index contributed by atoms with van der Waals surface area (Å²) in [6, 6.07) is 0. The van der Waals surface area contributed by atoms with Gasteiger partial charge in [0.25, 0.3) is 0 Å². The number of nitrogens with two attached hydrogens (primary N) is 1.